The van der Waals surface area contributed by atoms with E-state index in [0.717, 1.165) is 42.3 Å². The van der Waals surface area contributed by atoms with Gasteiger partial charge in [-0.05, 0) is 50.6 Å². The summed E-state index contributed by atoms with van der Waals surface area (Å²) in [5.41, 5.74) is 3.61. The summed E-state index contributed by atoms with van der Waals surface area (Å²) in [6.07, 6.45) is 5.79. The van der Waals surface area contributed by atoms with Gasteiger partial charge < -0.3 is 9.88 Å². The molecule has 0 radical (unpaired) electrons. The molecule has 1 aliphatic rings. The molecule has 0 saturated carbocycles. The Kier molecular flexibility index (Phi) is 3.87. The van der Waals surface area contributed by atoms with E-state index in [0.29, 0.717) is 5.56 Å². The number of aromatic nitrogens is 4. The molecule has 25 heavy (non-hydrogen) atoms. The lowest BCUT2D eigenvalue weighted by molar-refractivity contribution is 0.0927. The minimum Gasteiger partial charge on any atom is -0.347 e. The van der Waals surface area contributed by atoms with Crippen LogP contribution in [0.3, 0.4) is 0 Å². The van der Waals surface area contributed by atoms with E-state index in [2.05, 4.69) is 26.2 Å². The molecule has 0 fully saturated rings. The summed E-state index contributed by atoms with van der Waals surface area (Å²) in [7, 11) is 0. The Balaban J connectivity index is 1.43. The van der Waals surface area contributed by atoms with Gasteiger partial charge in [0.2, 0.25) is 0 Å². The molecule has 128 valence electrons. The standard InChI is InChI=1S/C19H21N5O/c1-13-9-10-24(22-13)17-6-3-15(4-7-17)19(25)21-16-5-8-18-20-14(2)11-23(18)12-16/h3-4,6-7,9-11,16H,5,8,12H2,1-2H3,(H,21,25)/t16-/m1/s1. The minimum atomic E-state index is -0.0338. The molecule has 0 unspecified atom stereocenters. The SMILES string of the molecule is Cc1cn2c(n1)CC[C@@H](NC(=O)c1ccc(-n3ccc(C)n3)cc1)C2. The number of imidazole rings is 1. The van der Waals surface area contributed by atoms with Crippen LogP contribution in [0.2, 0.25) is 0 Å². The first kappa shape index (κ1) is 15.6. The average Bonchev–Trinajstić information content (AvgIpc) is 3.19. The number of amides is 1. The zero-order chi connectivity index (χ0) is 17.4. The van der Waals surface area contributed by atoms with E-state index < -0.39 is 0 Å². The van der Waals surface area contributed by atoms with Crippen molar-refractivity contribution in [1.82, 2.24) is 24.6 Å². The monoisotopic (exact) mass is 335 g/mol. The zero-order valence-corrected chi connectivity index (χ0v) is 14.4. The fraction of sp³-hybridized carbons (Fsp3) is 0.316. The molecule has 0 spiro atoms. The Labute approximate surface area is 146 Å². The van der Waals surface area contributed by atoms with Crippen molar-refractivity contribution in [3.05, 3.63) is 65.5 Å². The number of carbonyl (C=O) groups excluding carboxylic acids is 1. The lowest BCUT2D eigenvalue weighted by Gasteiger charge is -2.24. The van der Waals surface area contributed by atoms with Gasteiger partial charge in [-0.25, -0.2) is 9.67 Å². The highest BCUT2D eigenvalue weighted by Gasteiger charge is 2.21. The van der Waals surface area contributed by atoms with Crippen molar-refractivity contribution in [2.45, 2.75) is 39.3 Å². The Morgan fingerprint density at radius 2 is 1.96 bits per heavy atom. The second-order valence-corrected chi connectivity index (χ2v) is 6.61. The molecule has 2 aromatic heterocycles. The van der Waals surface area contributed by atoms with Gasteiger partial charge >= 0.3 is 0 Å². The minimum absolute atomic E-state index is 0.0338. The maximum absolute atomic E-state index is 12.5. The molecule has 6 nitrogen and oxygen atoms in total. The molecule has 3 heterocycles. The van der Waals surface area contributed by atoms with Gasteiger partial charge in [0.25, 0.3) is 5.91 Å². The third kappa shape index (κ3) is 3.20. The summed E-state index contributed by atoms with van der Waals surface area (Å²) in [6, 6.07) is 9.62. The van der Waals surface area contributed by atoms with E-state index >= 15 is 0 Å². The van der Waals surface area contributed by atoms with Gasteiger partial charge in [-0.1, -0.05) is 0 Å². The van der Waals surface area contributed by atoms with E-state index in [1.807, 2.05) is 50.4 Å². The second-order valence-electron chi connectivity index (χ2n) is 6.61. The number of benzene rings is 1. The van der Waals surface area contributed by atoms with Gasteiger partial charge in [0.15, 0.2) is 0 Å². The van der Waals surface area contributed by atoms with Gasteiger partial charge in [0.1, 0.15) is 5.82 Å². The largest absolute Gasteiger partial charge is 0.347 e. The second kappa shape index (κ2) is 6.20. The van der Waals surface area contributed by atoms with Crippen molar-refractivity contribution in [3.8, 4) is 5.69 Å². The van der Waals surface area contributed by atoms with Crippen LogP contribution < -0.4 is 5.32 Å². The fourth-order valence-corrected chi connectivity index (χ4v) is 3.30. The summed E-state index contributed by atoms with van der Waals surface area (Å²) in [6.45, 7) is 4.74. The summed E-state index contributed by atoms with van der Waals surface area (Å²) < 4.78 is 3.95. The Hall–Kier alpha value is -2.89. The van der Waals surface area contributed by atoms with Crippen molar-refractivity contribution in [2.24, 2.45) is 0 Å². The van der Waals surface area contributed by atoms with Crippen LogP contribution in [0.5, 0.6) is 0 Å². The van der Waals surface area contributed by atoms with Crippen molar-refractivity contribution in [2.75, 3.05) is 0 Å². The number of hydrogen-bond acceptors (Lipinski definition) is 3. The smallest absolute Gasteiger partial charge is 0.251 e. The summed E-state index contributed by atoms with van der Waals surface area (Å²) in [4.78, 5) is 17.0. The third-order valence-electron chi connectivity index (χ3n) is 4.56. The maximum Gasteiger partial charge on any atom is 0.251 e. The normalized spacial score (nSPS) is 16.5. The van der Waals surface area contributed by atoms with Crippen LogP contribution in [-0.4, -0.2) is 31.3 Å². The van der Waals surface area contributed by atoms with Gasteiger partial charge in [-0.3, -0.25) is 4.79 Å². The molecule has 0 bridgehead atoms. The van der Waals surface area contributed by atoms with Crippen LogP contribution in [0, 0.1) is 13.8 Å². The molecule has 1 N–H and O–H groups in total. The molecule has 1 atom stereocenters. The van der Waals surface area contributed by atoms with E-state index in [4.69, 9.17) is 0 Å². The van der Waals surface area contributed by atoms with E-state index in [9.17, 15) is 4.79 Å². The molecular formula is C19H21N5O. The number of hydrogen-bond donors (Lipinski definition) is 1. The first-order chi connectivity index (χ1) is 12.1. The summed E-state index contributed by atoms with van der Waals surface area (Å²) in [5.74, 6) is 1.08. The van der Waals surface area contributed by atoms with Gasteiger partial charge in [0.05, 0.1) is 17.1 Å². The fourth-order valence-electron chi connectivity index (χ4n) is 3.30. The molecule has 6 heteroatoms. The molecule has 1 amide bonds. The molecule has 3 aromatic rings. The van der Waals surface area contributed by atoms with Crippen LogP contribution in [0.15, 0.2) is 42.7 Å². The maximum atomic E-state index is 12.5. The number of rotatable bonds is 3. The van der Waals surface area contributed by atoms with Crippen LogP contribution in [-0.2, 0) is 13.0 Å². The molecule has 1 aromatic carbocycles. The van der Waals surface area contributed by atoms with Crippen molar-refractivity contribution in [3.63, 3.8) is 0 Å². The highest BCUT2D eigenvalue weighted by atomic mass is 16.1. The van der Waals surface area contributed by atoms with Crippen molar-refractivity contribution >= 4 is 5.91 Å². The van der Waals surface area contributed by atoms with E-state index in [-0.39, 0.29) is 11.9 Å². The lowest BCUT2D eigenvalue weighted by atomic mass is 10.1. The van der Waals surface area contributed by atoms with E-state index in [1.165, 1.54) is 0 Å². The highest BCUT2D eigenvalue weighted by Crippen LogP contribution is 2.16. The van der Waals surface area contributed by atoms with Gasteiger partial charge in [-0.2, -0.15) is 5.10 Å². The highest BCUT2D eigenvalue weighted by molar-refractivity contribution is 5.94. The van der Waals surface area contributed by atoms with Gasteiger partial charge in [-0.15, -0.1) is 0 Å². The predicted molar refractivity (Wildman–Crippen MR) is 94.8 cm³/mol. The quantitative estimate of drug-likeness (QED) is 0.799. The summed E-state index contributed by atoms with van der Waals surface area (Å²) in [5, 5.41) is 7.52. The number of carbonyl (C=O) groups is 1. The number of nitrogens with zero attached hydrogens (tertiary/aromatic N) is 4. The average molecular weight is 335 g/mol. The Morgan fingerprint density at radius 3 is 2.68 bits per heavy atom. The van der Waals surface area contributed by atoms with Crippen molar-refractivity contribution in [1.29, 1.82) is 0 Å². The number of fused-ring (bicyclic) bond motifs is 1. The lowest BCUT2D eigenvalue weighted by Crippen LogP contribution is -2.40. The number of nitrogens with one attached hydrogen (secondary N) is 1. The first-order valence-corrected chi connectivity index (χ1v) is 8.55. The molecule has 0 saturated heterocycles. The molecule has 0 aliphatic carbocycles. The van der Waals surface area contributed by atoms with Crippen LogP contribution in [0.4, 0.5) is 0 Å². The van der Waals surface area contributed by atoms with Crippen LogP contribution >= 0.6 is 0 Å². The zero-order valence-electron chi connectivity index (χ0n) is 14.4. The third-order valence-corrected chi connectivity index (χ3v) is 4.56. The topological polar surface area (TPSA) is 64.7 Å². The van der Waals surface area contributed by atoms with E-state index in [1.54, 1.807) is 4.68 Å². The van der Waals surface area contributed by atoms with Crippen LogP contribution in [0.25, 0.3) is 5.69 Å². The summed E-state index contributed by atoms with van der Waals surface area (Å²) >= 11 is 0. The molecule has 4 rings (SSSR count). The van der Waals surface area contributed by atoms with Crippen molar-refractivity contribution < 1.29 is 4.79 Å². The predicted octanol–water partition coefficient (Wildman–Crippen LogP) is 2.43. The Morgan fingerprint density at radius 1 is 1.16 bits per heavy atom. The Bertz CT molecular complexity index is 906. The van der Waals surface area contributed by atoms with Gasteiger partial charge in [0, 0.05) is 37.0 Å². The van der Waals surface area contributed by atoms with Crippen LogP contribution in [0.1, 0.15) is 34.0 Å². The molecular weight excluding hydrogens is 314 g/mol. The number of aryl methyl sites for hydroxylation is 3. The first-order valence-electron chi connectivity index (χ1n) is 8.55. The molecule has 1 aliphatic heterocycles.